The van der Waals surface area contributed by atoms with Crippen molar-refractivity contribution in [3.8, 4) is 0 Å². The molecule has 0 unspecified atom stereocenters. The number of fused-ring (bicyclic) bond motifs is 1. The number of rotatable bonds is 0. The summed E-state index contributed by atoms with van der Waals surface area (Å²) in [7, 11) is 0. The summed E-state index contributed by atoms with van der Waals surface area (Å²) in [4.78, 5) is 12.4. The van der Waals surface area contributed by atoms with Crippen LogP contribution >= 0.6 is 0 Å². The van der Waals surface area contributed by atoms with Crippen molar-refractivity contribution in [2.45, 2.75) is 42.4 Å². The monoisotopic (exact) mass is 276 g/mol. The molecule has 6 rings (SSSR count). The lowest BCUT2D eigenvalue weighted by Gasteiger charge is -2.46. The summed E-state index contributed by atoms with van der Waals surface area (Å²) >= 11 is 0. The average Bonchev–Trinajstić information content (AvgIpc) is 2.80. The van der Waals surface area contributed by atoms with E-state index in [-0.39, 0.29) is 18.1 Å². The zero-order chi connectivity index (χ0) is 13.8. The molecule has 1 aromatic carbocycles. The Morgan fingerprint density at radius 3 is 2.75 bits per heavy atom. The number of hydrogen-bond donors (Lipinski definition) is 2. The molecule has 4 aliphatic heterocycles. The normalized spacial score (nSPS) is 46.4. The van der Waals surface area contributed by atoms with Crippen LogP contribution < -0.4 is 0 Å². The fourth-order valence-corrected chi connectivity index (χ4v) is 4.09. The van der Waals surface area contributed by atoms with Crippen LogP contribution in [-0.2, 0) is 20.0 Å². The van der Waals surface area contributed by atoms with E-state index in [2.05, 4.69) is 0 Å². The Hall–Kier alpha value is -1.31. The number of carbonyl (C=O) groups excluding carboxylic acids is 1. The summed E-state index contributed by atoms with van der Waals surface area (Å²) < 4.78 is 17.5. The molecule has 2 N–H and O–H groups in total. The number of benzene rings is 1. The molecule has 2 spiro atoms. The van der Waals surface area contributed by atoms with Gasteiger partial charge in [-0.05, 0) is 0 Å². The Kier molecular flexibility index (Phi) is 1.69. The van der Waals surface area contributed by atoms with Crippen molar-refractivity contribution in [2.24, 2.45) is 0 Å². The first kappa shape index (κ1) is 11.4. The summed E-state index contributed by atoms with van der Waals surface area (Å²) in [5.41, 5.74) is -0.840. The van der Waals surface area contributed by atoms with Crippen molar-refractivity contribution < 1.29 is 29.2 Å². The number of ether oxygens (including phenoxy) is 3. The summed E-state index contributed by atoms with van der Waals surface area (Å²) in [5.74, 6) is -4.81. The van der Waals surface area contributed by atoms with Crippen molar-refractivity contribution in [1.82, 2.24) is 0 Å². The van der Waals surface area contributed by atoms with Crippen LogP contribution in [0.1, 0.15) is 28.8 Å². The van der Waals surface area contributed by atoms with Crippen molar-refractivity contribution >= 4 is 5.78 Å². The molecule has 20 heavy (non-hydrogen) atoms. The lowest BCUT2D eigenvalue weighted by Crippen LogP contribution is -2.69. The minimum absolute atomic E-state index is 0.194. The molecule has 1 aliphatic carbocycles. The molecule has 4 atom stereocenters. The molecule has 4 heterocycles. The first-order chi connectivity index (χ1) is 9.50. The minimum Gasteiger partial charge on any atom is -0.357 e. The fourth-order valence-electron chi connectivity index (χ4n) is 4.09. The van der Waals surface area contributed by atoms with Gasteiger partial charge < -0.3 is 24.4 Å². The lowest BCUT2D eigenvalue weighted by atomic mass is 9.69. The topological polar surface area (TPSA) is 85.2 Å². The van der Waals surface area contributed by atoms with E-state index >= 15 is 0 Å². The molecule has 4 saturated heterocycles. The predicted molar refractivity (Wildman–Crippen MR) is 62.4 cm³/mol. The van der Waals surface area contributed by atoms with E-state index in [0.29, 0.717) is 12.0 Å². The average molecular weight is 276 g/mol. The quantitative estimate of drug-likeness (QED) is 0.650. The van der Waals surface area contributed by atoms with E-state index in [1.165, 1.54) is 0 Å². The number of Topliss-reactive ketones (excluding diaryl/α,β-unsaturated/α-hetero) is 1. The van der Waals surface area contributed by atoms with Crippen molar-refractivity contribution in [3.63, 3.8) is 0 Å². The second-order valence-electron chi connectivity index (χ2n) is 5.84. The molecule has 1 aromatic rings. The third-order valence-electron chi connectivity index (χ3n) is 4.87. The van der Waals surface area contributed by atoms with E-state index in [9.17, 15) is 15.0 Å². The molecule has 4 bridgehead atoms. The number of carbonyl (C=O) groups is 1. The highest BCUT2D eigenvalue weighted by molar-refractivity contribution is 6.05. The van der Waals surface area contributed by atoms with Gasteiger partial charge in [-0.1, -0.05) is 24.3 Å². The van der Waals surface area contributed by atoms with Gasteiger partial charge in [0.25, 0.3) is 5.79 Å². The molecule has 5 aliphatic rings. The van der Waals surface area contributed by atoms with E-state index in [1.54, 1.807) is 24.3 Å². The molecule has 6 heteroatoms. The van der Waals surface area contributed by atoms with Crippen LogP contribution in [0.15, 0.2) is 24.3 Å². The standard InChI is InChI=1S/C14H12O6/c15-11-8-3-1-2-4-9(8)14-12(13(11,16)17)6-7(18-14)5-10(19-12)20-14/h1-4,7,10,16-17H,5-6H2/t7-,10+,12+,14-/m0/s1. The second-order valence-corrected chi connectivity index (χ2v) is 5.84. The third kappa shape index (κ3) is 0.897. The number of hydrogen-bond acceptors (Lipinski definition) is 6. The molecular formula is C14H12O6. The van der Waals surface area contributed by atoms with E-state index in [4.69, 9.17) is 14.2 Å². The maximum Gasteiger partial charge on any atom is 0.265 e. The third-order valence-corrected chi connectivity index (χ3v) is 4.87. The van der Waals surface area contributed by atoms with E-state index in [0.717, 1.165) is 0 Å². The molecular weight excluding hydrogens is 264 g/mol. The smallest absolute Gasteiger partial charge is 0.265 e. The molecule has 0 amide bonds. The molecule has 0 saturated carbocycles. The van der Waals surface area contributed by atoms with Gasteiger partial charge in [0.15, 0.2) is 11.9 Å². The highest BCUT2D eigenvalue weighted by atomic mass is 16.9. The Morgan fingerprint density at radius 1 is 1.15 bits per heavy atom. The Balaban J connectivity index is 1.89. The van der Waals surface area contributed by atoms with Gasteiger partial charge >= 0.3 is 0 Å². The zero-order valence-corrected chi connectivity index (χ0v) is 10.4. The molecule has 6 nitrogen and oxygen atoms in total. The Morgan fingerprint density at radius 2 is 1.95 bits per heavy atom. The SMILES string of the molecule is O=C1c2ccccc2[C@]23O[C@H]4C[C@@H](O2)O[C@]3(C4)C1(O)O. The fraction of sp³-hybridized carbons (Fsp3) is 0.500. The van der Waals surface area contributed by atoms with E-state index < -0.39 is 29.2 Å². The van der Waals surface area contributed by atoms with Gasteiger partial charge in [0.05, 0.1) is 6.10 Å². The molecule has 104 valence electrons. The van der Waals surface area contributed by atoms with Crippen LogP contribution in [0.4, 0.5) is 0 Å². The van der Waals surface area contributed by atoms with Crippen LogP contribution in [0.2, 0.25) is 0 Å². The summed E-state index contributed by atoms with van der Waals surface area (Å²) in [6, 6.07) is 6.70. The minimum atomic E-state index is -2.65. The van der Waals surface area contributed by atoms with Gasteiger partial charge in [-0.15, -0.1) is 0 Å². The zero-order valence-electron chi connectivity index (χ0n) is 10.4. The molecule has 0 radical (unpaired) electrons. The van der Waals surface area contributed by atoms with E-state index in [1.807, 2.05) is 0 Å². The van der Waals surface area contributed by atoms with Gasteiger partial charge in [0, 0.05) is 24.0 Å². The van der Waals surface area contributed by atoms with Crippen molar-refractivity contribution in [1.29, 1.82) is 0 Å². The summed E-state index contributed by atoms with van der Waals surface area (Å²) in [5, 5.41) is 20.9. The van der Waals surface area contributed by atoms with Gasteiger partial charge in [-0.2, -0.15) is 0 Å². The lowest BCUT2D eigenvalue weighted by molar-refractivity contribution is -0.307. The highest BCUT2D eigenvalue weighted by Gasteiger charge is 2.83. The van der Waals surface area contributed by atoms with Crippen molar-refractivity contribution in [3.05, 3.63) is 35.4 Å². The Bertz CT molecular complexity index is 637. The van der Waals surface area contributed by atoms with Gasteiger partial charge in [0.1, 0.15) is 0 Å². The van der Waals surface area contributed by atoms with Gasteiger partial charge in [-0.3, -0.25) is 4.79 Å². The number of ketones is 1. The van der Waals surface area contributed by atoms with Gasteiger partial charge in [-0.25, -0.2) is 0 Å². The number of aliphatic hydroxyl groups is 2. The first-order valence-corrected chi connectivity index (χ1v) is 6.63. The van der Waals surface area contributed by atoms with Crippen LogP contribution in [-0.4, -0.2) is 39.8 Å². The van der Waals surface area contributed by atoms with Crippen LogP contribution in [0.5, 0.6) is 0 Å². The maximum absolute atomic E-state index is 12.4. The predicted octanol–water partition coefficient (Wildman–Crippen LogP) is 0.0209. The van der Waals surface area contributed by atoms with Crippen LogP contribution in [0.25, 0.3) is 0 Å². The van der Waals surface area contributed by atoms with Gasteiger partial charge in [0.2, 0.25) is 11.6 Å². The molecule has 0 aromatic heterocycles. The van der Waals surface area contributed by atoms with Crippen LogP contribution in [0, 0.1) is 0 Å². The second kappa shape index (κ2) is 2.98. The first-order valence-electron chi connectivity index (χ1n) is 6.63. The largest absolute Gasteiger partial charge is 0.357 e. The summed E-state index contributed by atoms with van der Waals surface area (Å²) in [6.07, 6.45) is 0.00670. The Labute approximate surface area is 113 Å². The summed E-state index contributed by atoms with van der Waals surface area (Å²) in [6.45, 7) is 0. The molecule has 4 fully saturated rings. The van der Waals surface area contributed by atoms with Crippen molar-refractivity contribution in [2.75, 3.05) is 0 Å². The van der Waals surface area contributed by atoms with Crippen LogP contribution in [0.3, 0.4) is 0 Å². The highest BCUT2D eigenvalue weighted by Crippen LogP contribution is 2.66. The maximum atomic E-state index is 12.4.